The lowest BCUT2D eigenvalue weighted by Crippen LogP contribution is -2.16. The molecule has 8 nitrogen and oxygen atoms in total. The maximum atomic E-state index is 12.5. The lowest BCUT2D eigenvalue weighted by Gasteiger charge is -2.08. The van der Waals surface area contributed by atoms with Crippen LogP contribution >= 0.6 is 0 Å². The molecule has 0 spiro atoms. The quantitative estimate of drug-likeness (QED) is 0.638. The Kier molecular flexibility index (Phi) is 5.42. The van der Waals surface area contributed by atoms with Crippen molar-refractivity contribution >= 4 is 17.5 Å². The van der Waals surface area contributed by atoms with Crippen molar-refractivity contribution in [2.75, 3.05) is 31.1 Å². The standard InChI is InChI=1S/C21H20N4O4/c1-27-16-4-2-3-14(11-16)7-9-22-21-23-10-8-17(25-21)20(26)24-15-5-6-18-19(12-15)29-13-28-18/h2-6,8,10-12H,7,9,13H2,1H3,(H,24,26)(H,22,23,25). The molecule has 0 unspecified atom stereocenters. The van der Waals surface area contributed by atoms with E-state index in [0.717, 1.165) is 17.7 Å². The molecule has 29 heavy (non-hydrogen) atoms. The normalized spacial score (nSPS) is 11.8. The minimum absolute atomic E-state index is 0.184. The maximum Gasteiger partial charge on any atom is 0.274 e. The second kappa shape index (κ2) is 8.47. The Balaban J connectivity index is 1.35. The van der Waals surface area contributed by atoms with Gasteiger partial charge in [-0.05, 0) is 42.3 Å². The minimum atomic E-state index is -0.331. The molecule has 0 fully saturated rings. The smallest absolute Gasteiger partial charge is 0.274 e. The number of amides is 1. The van der Waals surface area contributed by atoms with E-state index in [1.165, 1.54) is 0 Å². The van der Waals surface area contributed by atoms with Gasteiger partial charge in [0.2, 0.25) is 12.7 Å². The zero-order valence-corrected chi connectivity index (χ0v) is 15.8. The Morgan fingerprint density at radius 3 is 2.93 bits per heavy atom. The van der Waals surface area contributed by atoms with E-state index in [-0.39, 0.29) is 18.4 Å². The SMILES string of the molecule is COc1cccc(CCNc2nccc(C(=O)Nc3ccc4c(c3)OCO4)n2)c1. The highest BCUT2D eigenvalue weighted by Crippen LogP contribution is 2.34. The van der Waals surface area contributed by atoms with Crippen molar-refractivity contribution in [3.05, 3.63) is 66.0 Å². The highest BCUT2D eigenvalue weighted by molar-refractivity contribution is 6.03. The predicted molar refractivity (Wildman–Crippen MR) is 108 cm³/mol. The fourth-order valence-electron chi connectivity index (χ4n) is 2.89. The number of aromatic nitrogens is 2. The van der Waals surface area contributed by atoms with Crippen molar-refractivity contribution in [3.63, 3.8) is 0 Å². The van der Waals surface area contributed by atoms with Crippen LogP contribution in [0.3, 0.4) is 0 Å². The first-order chi connectivity index (χ1) is 14.2. The van der Waals surface area contributed by atoms with Crippen molar-refractivity contribution in [2.24, 2.45) is 0 Å². The van der Waals surface area contributed by atoms with Crippen LogP contribution in [0.5, 0.6) is 17.2 Å². The van der Waals surface area contributed by atoms with Crippen molar-refractivity contribution in [1.82, 2.24) is 9.97 Å². The molecule has 0 aliphatic carbocycles. The Morgan fingerprint density at radius 2 is 2.03 bits per heavy atom. The molecule has 1 amide bonds. The lowest BCUT2D eigenvalue weighted by atomic mass is 10.1. The minimum Gasteiger partial charge on any atom is -0.497 e. The van der Waals surface area contributed by atoms with Crippen LogP contribution in [0.25, 0.3) is 0 Å². The summed E-state index contributed by atoms with van der Waals surface area (Å²) in [5.74, 6) is 2.15. The highest BCUT2D eigenvalue weighted by atomic mass is 16.7. The van der Waals surface area contributed by atoms with Gasteiger partial charge in [-0.2, -0.15) is 0 Å². The second-order valence-electron chi connectivity index (χ2n) is 6.32. The molecular formula is C21H20N4O4. The molecule has 0 saturated heterocycles. The third-order valence-corrected chi connectivity index (χ3v) is 4.35. The van der Waals surface area contributed by atoms with Crippen molar-refractivity contribution in [3.8, 4) is 17.2 Å². The molecule has 8 heteroatoms. The van der Waals surface area contributed by atoms with E-state index in [1.54, 1.807) is 37.6 Å². The first-order valence-electron chi connectivity index (χ1n) is 9.12. The Labute approximate surface area is 167 Å². The van der Waals surface area contributed by atoms with Crippen molar-refractivity contribution in [2.45, 2.75) is 6.42 Å². The molecule has 0 radical (unpaired) electrons. The second-order valence-corrected chi connectivity index (χ2v) is 6.32. The summed E-state index contributed by atoms with van der Waals surface area (Å²) in [6.07, 6.45) is 2.32. The summed E-state index contributed by atoms with van der Waals surface area (Å²) in [7, 11) is 1.64. The van der Waals surface area contributed by atoms with E-state index in [4.69, 9.17) is 14.2 Å². The first kappa shape index (κ1) is 18.5. The number of hydrogen-bond acceptors (Lipinski definition) is 7. The summed E-state index contributed by atoms with van der Waals surface area (Å²) in [5, 5.41) is 5.95. The zero-order valence-electron chi connectivity index (χ0n) is 15.8. The Hall–Kier alpha value is -3.81. The summed E-state index contributed by atoms with van der Waals surface area (Å²) in [6, 6.07) is 14.7. The van der Waals surface area contributed by atoms with Gasteiger partial charge in [-0.3, -0.25) is 4.79 Å². The number of hydrogen-bond donors (Lipinski definition) is 2. The number of carbonyl (C=O) groups is 1. The van der Waals surface area contributed by atoms with E-state index in [1.807, 2.05) is 24.3 Å². The van der Waals surface area contributed by atoms with E-state index in [2.05, 4.69) is 20.6 Å². The molecule has 0 bridgehead atoms. The largest absolute Gasteiger partial charge is 0.497 e. The molecule has 2 heterocycles. The lowest BCUT2D eigenvalue weighted by molar-refractivity contribution is 0.102. The number of methoxy groups -OCH3 is 1. The van der Waals surface area contributed by atoms with Crippen LogP contribution in [0, 0.1) is 0 Å². The van der Waals surface area contributed by atoms with Gasteiger partial charge in [0, 0.05) is 24.5 Å². The van der Waals surface area contributed by atoms with E-state index >= 15 is 0 Å². The van der Waals surface area contributed by atoms with Gasteiger partial charge in [0.1, 0.15) is 11.4 Å². The average Bonchev–Trinajstić information content (AvgIpc) is 3.22. The molecule has 148 valence electrons. The number of carbonyl (C=O) groups excluding carboxylic acids is 1. The van der Waals surface area contributed by atoms with Crippen LogP contribution in [0.1, 0.15) is 16.1 Å². The number of benzene rings is 2. The number of fused-ring (bicyclic) bond motifs is 1. The van der Waals surface area contributed by atoms with Crippen LogP contribution in [0.15, 0.2) is 54.7 Å². The molecule has 0 atom stereocenters. The summed E-state index contributed by atoms with van der Waals surface area (Å²) < 4.78 is 15.8. The fourth-order valence-corrected chi connectivity index (χ4v) is 2.89. The average molecular weight is 392 g/mol. The molecule has 2 aromatic carbocycles. The van der Waals surface area contributed by atoms with Gasteiger partial charge >= 0.3 is 0 Å². The molecule has 1 aliphatic heterocycles. The molecule has 0 saturated carbocycles. The maximum absolute atomic E-state index is 12.5. The molecule has 2 N–H and O–H groups in total. The van der Waals surface area contributed by atoms with Crippen molar-refractivity contribution < 1.29 is 19.0 Å². The topological polar surface area (TPSA) is 94.6 Å². The van der Waals surface area contributed by atoms with Crippen molar-refractivity contribution in [1.29, 1.82) is 0 Å². The predicted octanol–water partition coefficient (Wildman–Crippen LogP) is 3.12. The monoisotopic (exact) mass is 392 g/mol. The molecule has 3 aromatic rings. The van der Waals surface area contributed by atoms with E-state index in [9.17, 15) is 4.79 Å². The van der Waals surface area contributed by atoms with Gasteiger partial charge in [-0.25, -0.2) is 9.97 Å². The number of nitrogens with zero attached hydrogens (tertiary/aromatic N) is 2. The van der Waals surface area contributed by atoms with Gasteiger partial charge in [0.25, 0.3) is 5.91 Å². The summed E-state index contributed by atoms with van der Waals surface area (Å²) in [4.78, 5) is 21.0. The highest BCUT2D eigenvalue weighted by Gasteiger charge is 2.15. The summed E-state index contributed by atoms with van der Waals surface area (Å²) >= 11 is 0. The molecular weight excluding hydrogens is 372 g/mol. The number of nitrogens with one attached hydrogen (secondary N) is 2. The Bertz CT molecular complexity index is 1030. The van der Waals surface area contributed by atoms with Gasteiger partial charge < -0.3 is 24.8 Å². The summed E-state index contributed by atoms with van der Waals surface area (Å²) in [6.45, 7) is 0.809. The van der Waals surface area contributed by atoms with E-state index < -0.39 is 0 Å². The van der Waals surface area contributed by atoms with Crippen LogP contribution < -0.4 is 24.8 Å². The zero-order chi connectivity index (χ0) is 20.1. The molecule has 1 aromatic heterocycles. The van der Waals surface area contributed by atoms with Crippen LogP contribution in [-0.2, 0) is 6.42 Å². The number of rotatable bonds is 7. The van der Waals surface area contributed by atoms with E-state index in [0.29, 0.717) is 29.7 Å². The van der Waals surface area contributed by atoms with Crippen LogP contribution in [0.2, 0.25) is 0 Å². The summed E-state index contributed by atoms with van der Waals surface area (Å²) in [5.41, 5.74) is 2.00. The fraction of sp³-hybridized carbons (Fsp3) is 0.190. The molecule has 1 aliphatic rings. The third kappa shape index (κ3) is 4.55. The van der Waals surface area contributed by atoms with Gasteiger partial charge in [-0.15, -0.1) is 0 Å². The van der Waals surface area contributed by atoms with Gasteiger partial charge in [0.15, 0.2) is 11.5 Å². The first-order valence-corrected chi connectivity index (χ1v) is 9.12. The molecule has 4 rings (SSSR count). The van der Waals surface area contributed by atoms with Crippen LogP contribution in [0.4, 0.5) is 11.6 Å². The number of anilines is 2. The Morgan fingerprint density at radius 1 is 1.14 bits per heavy atom. The van der Waals surface area contributed by atoms with Gasteiger partial charge in [-0.1, -0.05) is 12.1 Å². The number of ether oxygens (including phenoxy) is 3. The third-order valence-electron chi connectivity index (χ3n) is 4.35. The van der Waals surface area contributed by atoms with Gasteiger partial charge in [0.05, 0.1) is 7.11 Å². The van der Waals surface area contributed by atoms with Crippen LogP contribution in [-0.4, -0.2) is 36.3 Å².